The van der Waals surface area contributed by atoms with E-state index in [4.69, 9.17) is 27.1 Å². The van der Waals surface area contributed by atoms with Gasteiger partial charge in [0, 0.05) is 33.4 Å². The van der Waals surface area contributed by atoms with Crippen LogP contribution in [-0.4, -0.2) is 4.98 Å². The van der Waals surface area contributed by atoms with Crippen molar-refractivity contribution < 1.29 is 4.74 Å². The van der Waals surface area contributed by atoms with Gasteiger partial charge in [-0.2, -0.15) is 0 Å². The van der Waals surface area contributed by atoms with Crippen LogP contribution >= 0.6 is 11.6 Å². The van der Waals surface area contributed by atoms with Gasteiger partial charge in [0.25, 0.3) is 0 Å². The highest BCUT2D eigenvalue weighted by atomic mass is 35.5. The molecule has 148 valence electrons. The lowest BCUT2D eigenvalue weighted by Gasteiger charge is -2.32. The number of pyridine rings is 1. The predicted octanol–water partition coefficient (Wildman–Crippen LogP) is 6.64. The Morgan fingerprint density at radius 2 is 1.70 bits per heavy atom. The molecular weight excluding hydrogens is 392 g/mol. The van der Waals surface area contributed by atoms with Crippen LogP contribution in [0, 0.1) is 0 Å². The fourth-order valence-corrected chi connectivity index (χ4v) is 5.15. The number of hydrogen-bond donors (Lipinski definition) is 1. The molecule has 6 rings (SSSR count). The van der Waals surface area contributed by atoms with Gasteiger partial charge in [-0.1, -0.05) is 54.1 Å². The fourth-order valence-electron chi connectivity index (χ4n) is 5.02. The Morgan fingerprint density at radius 1 is 0.900 bits per heavy atom. The van der Waals surface area contributed by atoms with Gasteiger partial charge in [-0.25, -0.2) is 4.98 Å². The van der Waals surface area contributed by atoms with Gasteiger partial charge in [0.1, 0.15) is 5.75 Å². The maximum absolute atomic E-state index is 6.84. The molecule has 0 bridgehead atoms. The minimum atomic E-state index is -0.0492. The summed E-state index contributed by atoms with van der Waals surface area (Å²) < 4.78 is 6.39. The quantitative estimate of drug-likeness (QED) is 0.336. The van der Waals surface area contributed by atoms with Crippen molar-refractivity contribution in [2.45, 2.75) is 31.6 Å². The van der Waals surface area contributed by atoms with E-state index in [1.807, 2.05) is 12.1 Å². The molecule has 0 radical (unpaired) electrons. The molecule has 0 saturated heterocycles. The van der Waals surface area contributed by atoms with Gasteiger partial charge in [-0.05, 0) is 65.8 Å². The smallest absolute Gasteiger partial charge is 0.225 e. The van der Waals surface area contributed by atoms with Crippen LogP contribution in [0.2, 0.25) is 5.02 Å². The van der Waals surface area contributed by atoms with E-state index in [-0.39, 0.29) is 5.92 Å². The Kier molecular flexibility index (Phi) is 4.00. The number of aryl methyl sites for hydroxylation is 1. The molecule has 2 N–H and O–H groups in total. The Balaban J connectivity index is 1.69. The average Bonchev–Trinajstić information content (AvgIpc) is 2.78. The number of halogens is 1. The molecule has 30 heavy (non-hydrogen) atoms. The van der Waals surface area contributed by atoms with E-state index >= 15 is 0 Å². The molecule has 0 saturated carbocycles. The van der Waals surface area contributed by atoms with Gasteiger partial charge in [-0.3, -0.25) is 0 Å². The number of anilines is 1. The van der Waals surface area contributed by atoms with Gasteiger partial charge >= 0.3 is 0 Å². The highest BCUT2D eigenvalue weighted by Gasteiger charge is 2.35. The number of nitrogens with zero attached hydrogens (tertiary/aromatic N) is 1. The van der Waals surface area contributed by atoms with Crippen LogP contribution in [0.3, 0.4) is 0 Å². The lowest BCUT2D eigenvalue weighted by Crippen LogP contribution is -2.19. The van der Waals surface area contributed by atoms with Crippen molar-refractivity contribution in [1.82, 2.24) is 4.98 Å². The van der Waals surface area contributed by atoms with Crippen molar-refractivity contribution in [2.24, 2.45) is 0 Å². The van der Waals surface area contributed by atoms with Gasteiger partial charge in [-0.15, -0.1) is 0 Å². The summed E-state index contributed by atoms with van der Waals surface area (Å²) in [5.41, 5.74) is 13.3. The van der Waals surface area contributed by atoms with E-state index in [0.717, 1.165) is 64.5 Å². The van der Waals surface area contributed by atoms with Crippen LogP contribution in [0.5, 0.6) is 11.6 Å². The minimum Gasteiger partial charge on any atom is -0.438 e. The molecule has 2 heterocycles. The molecule has 0 amide bonds. The lowest BCUT2D eigenvalue weighted by molar-refractivity contribution is 0.431. The fraction of sp³-hybridized carbons (Fsp3) is 0.192. The van der Waals surface area contributed by atoms with Gasteiger partial charge in [0.2, 0.25) is 5.88 Å². The van der Waals surface area contributed by atoms with Crippen LogP contribution in [0.1, 0.15) is 46.7 Å². The molecule has 1 aliphatic heterocycles. The summed E-state index contributed by atoms with van der Waals surface area (Å²) in [5.74, 6) is 1.45. The molecule has 3 nitrogen and oxygen atoms in total. The Labute approximate surface area is 180 Å². The van der Waals surface area contributed by atoms with Crippen LogP contribution in [-0.2, 0) is 12.8 Å². The first kappa shape index (κ1) is 17.8. The molecule has 4 heteroatoms. The number of fused-ring (bicyclic) bond motifs is 5. The van der Waals surface area contributed by atoms with Crippen molar-refractivity contribution in [2.75, 3.05) is 5.73 Å². The molecule has 2 aliphatic rings. The van der Waals surface area contributed by atoms with Crippen molar-refractivity contribution in [3.63, 3.8) is 0 Å². The van der Waals surface area contributed by atoms with Crippen molar-refractivity contribution in [1.29, 1.82) is 0 Å². The normalized spacial score (nSPS) is 17.0. The summed E-state index contributed by atoms with van der Waals surface area (Å²) in [6.07, 6.45) is 4.26. The van der Waals surface area contributed by atoms with Crippen LogP contribution < -0.4 is 10.5 Å². The first-order valence-corrected chi connectivity index (χ1v) is 10.8. The Bertz CT molecular complexity index is 1300. The van der Waals surface area contributed by atoms with E-state index in [1.54, 1.807) is 0 Å². The number of benzene rings is 3. The number of aromatic nitrogens is 1. The third-order valence-electron chi connectivity index (χ3n) is 6.44. The summed E-state index contributed by atoms with van der Waals surface area (Å²) in [7, 11) is 0. The number of rotatable bonds is 1. The Morgan fingerprint density at radius 3 is 2.57 bits per heavy atom. The topological polar surface area (TPSA) is 48.1 Å². The summed E-state index contributed by atoms with van der Waals surface area (Å²) in [6, 6.07) is 20.7. The largest absolute Gasteiger partial charge is 0.438 e. The molecule has 1 aromatic heterocycles. The monoisotopic (exact) mass is 412 g/mol. The van der Waals surface area contributed by atoms with Gasteiger partial charge in [0.15, 0.2) is 0 Å². The maximum Gasteiger partial charge on any atom is 0.225 e. The number of hydrogen-bond acceptors (Lipinski definition) is 3. The number of nitrogen functional groups attached to an aromatic ring is 1. The summed E-state index contributed by atoms with van der Waals surface area (Å²) in [5, 5.41) is 3.09. The molecule has 1 aliphatic carbocycles. The maximum atomic E-state index is 6.84. The highest BCUT2D eigenvalue weighted by Crippen LogP contribution is 2.52. The zero-order valence-corrected chi connectivity index (χ0v) is 17.2. The Hall–Kier alpha value is -3.04. The minimum absolute atomic E-state index is 0.0492. The SMILES string of the molecule is Nc1c2c(nc3c1C(c1ccc(Cl)cc1)c1c(ccc4ccccc14)O3)CCCC2. The highest BCUT2D eigenvalue weighted by molar-refractivity contribution is 6.30. The summed E-state index contributed by atoms with van der Waals surface area (Å²) in [6.45, 7) is 0. The first-order chi connectivity index (χ1) is 14.7. The molecule has 3 aromatic carbocycles. The summed E-state index contributed by atoms with van der Waals surface area (Å²) in [4.78, 5) is 4.96. The molecule has 1 atom stereocenters. The zero-order valence-electron chi connectivity index (χ0n) is 16.5. The van der Waals surface area contributed by atoms with Gasteiger partial charge < -0.3 is 10.5 Å². The van der Waals surface area contributed by atoms with Crippen molar-refractivity contribution in [3.8, 4) is 11.6 Å². The van der Waals surface area contributed by atoms with E-state index in [9.17, 15) is 0 Å². The average molecular weight is 413 g/mol. The van der Waals surface area contributed by atoms with Gasteiger partial charge in [0.05, 0.1) is 0 Å². The molecule has 4 aromatic rings. The second-order valence-electron chi connectivity index (χ2n) is 8.16. The second-order valence-corrected chi connectivity index (χ2v) is 8.60. The van der Waals surface area contributed by atoms with Crippen LogP contribution in [0.4, 0.5) is 5.69 Å². The van der Waals surface area contributed by atoms with E-state index < -0.39 is 0 Å². The van der Waals surface area contributed by atoms with E-state index in [0.29, 0.717) is 5.88 Å². The lowest BCUT2D eigenvalue weighted by atomic mass is 9.79. The van der Waals surface area contributed by atoms with E-state index in [1.165, 1.54) is 16.3 Å². The molecule has 1 unspecified atom stereocenters. The molecule has 0 spiro atoms. The third kappa shape index (κ3) is 2.62. The first-order valence-electron chi connectivity index (χ1n) is 10.5. The molecular formula is C26H21ClN2O. The number of ether oxygens (including phenoxy) is 1. The zero-order chi connectivity index (χ0) is 20.2. The predicted molar refractivity (Wildman–Crippen MR) is 122 cm³/mol. The van der Waals surface area contributed by atoms with E-state index in [2.05, 4.69) is 48.5 Å². The van der Waals surface area contributed by atoms with Crippen molar-refractivity contribution in [3.05, 3.63) is 93.6 Å². The third-order valence-corrected chi connectivity index (χ3v) is 6.69. The molecule has 0 fully saturated rings. The van der Waals surface area contributed by atoms with Crippen LogP contribution in [0.25, 0.3) is 10.8 Å². The van der Waals surface area contributed by atoms with Crippen LogP contribution in [0.15, 0.2) is 60.7 Å². The standard InChI is InChI=1S/C26H21ClN2O/c27-17-12-9-16(10-13-17)22-23-18-6-2-1-5-15(18)11-14-21(23)30-26-24(22)25(28)19-7-3-4-8-20(19)29-26/h1-2,5-6,9-14,22H,3-4,7-8H2,(H2,28,29). The van der Waals surface area contributed by atoms with Crippen molar-refractivity contribution >= 4 is 28.1 Å². The number of nitrogens with two attached hydrogens (primary N) is 1. The summed E-state index contributed by atoms with van der Waals surface area (Å²) >= 11 is 6.21. The second kappa shape index (κ2) is 6.75.